The number of ether oxygens (including phenoxy) is 1. The van der Waals surface area contributed by atoms with E-state index in [1.807, 2.05) is 24.3 Å². The van der Waals surface area contributed by atoms with Crippen molar-refractivity contribution < 1.29 is 14.6 Å². The van der Waals surface area contributed by atoms with Crippen molar-refractivity contribution in [2.75, 3.05) is 0 Å². The van der Waals surface area contributed by atoms with Crippen molar-refractivity contribution in [1.82, 2.24) is 0 Å². The highest BCUT2D eigenvalue weighted by Crippen LogP contribution is 2.24. The first-order valence-electron chi connectivity index (χ1n) is 6.21. The molecule has 0 bridgehead atoms. The zero-order valence-electron chi connectivity index (χ0n) is 9.89. The number of aliphatic carboxylic acids is 1. The van der Waals surface area contributed by atoms with Crippen molar-refractivity contribution in [3.63, 3.8) is 0 Å². The molecule has 0 saturated heterocycles. The first-order chi connectivity index (χ1) is 8.24. The van der Waals surface area contributed by atoms with E-state index in [1.54, 1.807) is 0 Å². The van der Waals surface area contributed by atoms with Crippen molar-refractivity contribution in [3.05, 3.63) is 29.8 Å². The van der Waals surface area contributed by atoms with Gasteiger partial charge in [-0.1, -0.05) is 12.1 Å². The maximum atomic E-state index is 10.4. The molecule has 0 radical (unpaired) electrons. The van der Waals surface area contributed by atoms with Gasteiger partial charge in [0.05, 0.1) is 6.10 Å². The van der Waals surface area contributed by atoms with Crippen LogP contribution in [0.15, 0.2) is 24.3 Å². The molecule has 0 heterocycles. The minimum atomic E-state index is -0.753. The molecule has 3 nitrogen and oxygen atoms in total. The Morgan fingerprint density at radius 2 is 1.88 bits per heavy atom. The highest BCUT2D eigenvalue weighted by Gasteiger charge is 2.16. The Morgan fingerprint density at radius 3 is 2.47 bits per heavy atom. The first kappa shape index (κ1) is 12.0. The summed E-state index contributed by atoms with van der Waals surface area (Å²) >= 11 is 0. The molecule has 0 aliphatic heterocycles. The lowest BCUT2D eigenvalue weighted by molar-refractivity contribution is -0.136. The summed E-state index contributed by atoms with van der Waals surface area (Å²) < 4.78 is 5.84. The van der Waals surface area contributed by atoms with Crippen LogP contribution in [-0.2, 0) is 11.2 Å². The van der Waals surface area contributed by atoms with E-state index in [2.05, 4.69) is 0 Å². The topological polar surface area (TPSA) is 46.5 Å². The lowest BCUT2D eigenvalue weighted by Crippen LogP contribution is -2.10. The molecule has 2 rings (SSSR count). The minimum Gasteiger partial charge on any atom is -0.490 e. The number of hydrogen-bond acceptors (Lipinski definition) is 2. The van der Waals surface area contributed by atoms with Crippen molar-refractivity contribution in [2.45, 2.75) is 44.6 Å². The predicted molar refractivity (Wildman–Crippen MR) is 65.3 cm³/mol. The third-order valence-electron chi connectivity index (χ3n) is 3.16. The number of carboxylic acids is 1. The van der Waals surface area contributed by atoms with Crippen LogP contribution in [0.1, 0.15) is 37.7 Å². The maximum absolute atomic E-state index is 10.4. The van der Waals surface area contributed by atoms with Crippen LogP contribution in [-0.4, -0.2) is 17.2 Å². The lowest BCUT2D eigenvalue weighted by Gasteiger charge is -2.13. The molecule has 3 heteroatoms. The van der Waals surface area contributed by atoms with Crippen molar-refractivity contribution in [2.24, 2.45) is 0 Å². The molecular weight excluding hydrogens is 216 g/mol. The van der Waals surface area contributed by atoms with E-state index in [4.69, 9.17) is 9.84 Å². The Kier molecular flexibility index (Phi) is 4.02. The third kappa shape index (κ3) is 3.77. The lowest BCUT2D eigenvalue weighted by atomic mass is 10.1. The molecule has 0 unspecified atom stereocenters. The van der Waals surface area contributed by atoms with Crippen LogP contribution < -0.4 is 4.74 Å². The van der Waals surface area contributed by atoms with Crippen LogP contribution in [0, 0.1) is 0 Å². The van der Waals surface area contributed by atoms with Crippen LogP contribution in [0.5, 0.6) is 5.75 Å². The van der Waals surface area contributed by atoms with Crippen LogP contribution in [0.25, 0.3) is 0 Å². The van der Waals surface area contributed by atoms with E-state index < -0.39 is 5.97 Å². The van der Waals surface area contributed by atoms with Gasteiger partial charge in [0, 0.05) is 6.42 Å². The molecule has 0 aromatic heterocycles. The molecule has 1 N–H and O–H groups in total. The van der Waals surface area contributed by atoms with Gasteiger partial charge < -0.3 is 9.84 Å². The van der Waals surface area contributed by atoms with Gasteiger partial charge in [-0.25, -0.2) is 0 Å². The Bertz CT molecular complexity index is 364. The van der Waals surface area contributed by atoms with Gasteiger partial charge in [0.15, 0.2) is 0 Å². The summed E-state index contributed by atoms with van der Waals surface area (Å²) in [6.45, 7) is 0. The van der Waals surface area contributed by atoms with Gasteiger partial charge in [-0.05, 0) is 49.8 Å². The zero-order chi connectivity index (χ0) is 12.1. The number of hydrogen-bond donors (Lipinski definition) is 1. The average Bonchev–Trinajstić information content (AvgIpc) is 2.81. The highest BCUT2D eigenvalue weighted by atomic mass is 16.5. The van der Waals surface area contributed by atoms with E-state index in [-0.39, 0.29) is 6.42 Å². The summed E-state index contributed by atoms with van der Waals surface area (Å²) in [4.78, 5) is 10.4. The summed E-state index contributed by atoms with van der Waals surface area (Å²) in [5.41, 5.74) is 1.05. The number of carboxylic acid groups (broad SMARTS) is 1. The molecule has 1 aliphatic rings. The quantitative estimate of drug-likeness (QED) is 0.851. The maximum Gasteiger partial charge on any atom is 0.303 e. The summed E-state index contributed by atoms with van der Waals surface area (Å²) in [5.74, 6) is 0.146. The van der Waals surface area contributed by atoms with Crippen molar-refractivity contribution in [1.29, 1.82) is 0 Å². The molecule has 0 amide bonds. The van der Waals surface area contributed by atoms with E-state index in [1.165, 1.54) is 12.8 Å². The molecule has 92 valence electrons. The summed E-state index contributed by atoms with van der Waals surface area (Å²) in [6, 6.07) is 7.78. The van der Waals surface area contributed by atoms with Gasteiger partial charge in [0.2, 0.25) is 0 Å². The largest absolute Gasteiger partial charge is 0.490 e. The summed E-state index contributed by atoms with van der Waals surface area (Å²) in [6.07, 6.45) is 5.98. The fourth-order valence-corrected chi connectivity index (χ4v) is 2.18. The number of carbonyl (C=O) groups is 1. The number of aryl methyl sites for hydroxylation is 1. The Balaban J connectivity index is 1.86. The Hall–Kier alpha value is -1.51. The second kappa shape index (κ2) is 5.71. The monoisotopic (exact) mass is 234 g/mol. The third-order valence-corrected chi connectivity index (χ3v) is 3.16. The van der Waals surface area contributed by atoms with Gasteiger partial charge >= 0.3 is 5.97 Å². The van der Waals surface area contributed by atoms with Crippen LogP contribution in [0.4, 0.5) is 0 Å². The summed E-state index contributed by atoms with van der Waals surface area (Å²) in [5, 5.41) is 8.59. The molecule has 1 aliphatic carbocycles. The molecular formula is C14H18O3. The van der Waals surface area contributed by atoms with Crippen molar-refractivity contribution >= 4 is 5.97 Å². The van der Waals surface area contributed by atoms with E-state index in [9.17, 15) is 4.79 Å². The Labute approximate surface area is 101 Å². The van der Waals surface area contributed by atoms with E-state index in [0.29, 0.717) is 12.5 Å². The van der Waals surface area contributed by atoms with E-state index >= 15 is 0 Å². The van der Waals surface area contributed by atoms with Gasteiger partial charge in [-0.2, -0.15) is 0 Å². The predicted octanol–water partition coefficient (Wildman–Crippen LogP) is 3.03. The van der Waals surface area contributed by atoms with Gasteiger partial charge in [-0.15, -0.1) is 0 Å². The van der Waals surface area contributed by atoms with Gasteiger partial charge in [0.1, 0.15) is 5.75 Å². The smallest absolute Gasteiger partial charge is 0.303 e. The molecule has 1 aromatic rings. The number of benzene rings is 1. The first-order valence-corrected chi connectivity index (χ1v) is 6.21. The Morgan fingerprint density at radius 1 is 1.24 bits per heavy atom. The highest BCUT2D eigenvalue weighted by molar-refractivity contribution is 5.67. The van der Waals surface area contributed by atoms with Gasteiger partial charge in [-0.3, -0.25) is 4.79 Å². The van der Waals surface area contributed by atoms with E-state index in [0.717, 1.165) is 24.2 Å². The molecule has 1 aromatic carbocycles. The summed E-state index contributed by atoms with van der Waals surface area (Å²) in [7, 11) is 0. The van der Waals surface area contributed by atoms with Gasteiger partial charge in [0.25, 0.3) is 0 Å². The molecule has 17 heavy (non-hydrogen) atoms. The van der Waals surface area contributed by atoms with Crippen molar-refractivity contribution in [3.8, 4) is 5.75 Å². The fraction of sp³-hybridized carbons (Fsp3) is 0.500. The average molecular weight is 234 g/mol. The normalized spacial score (nSPS) is 16.0. The van der Waals surface area contributed by atoms with Crippen LogP contribution >= 0.6 is 0 Å². The zero-order valence-corrected chi connectivity index (χ0v) is 9.89. The fourth-order valence-electron chi connectivity index (χ4n) is 2.18. The van der Waals surface area contributed by atoms with Crippen LogP contribution in [0.3, 0.4) is 0 Å². The SMILES string of the molecule is O=C(O)CCc1ccc(OC2CCCC2)cc1. The second-order valence-corrected chi connectivity index (χ2v) is 4.56. The van der Waals surface area contributed by atoms with Crippen LogP contribution in [0.2, 0.25) is 0 Å². The standard InChI is InChI=1S/C14H18O3/c15-14(16)10-7-11-5-8-13(9-6-11)17-12-3-1-2-4-12/h5-6,8-9,12H,1-4,7,10H2,(H,15,16). The second-order valence-electron chi connectivity index (χ2n) is 4.56. The molecule has 0 spiro atoms. The molecule has 1 saturated carbocycles. The molecule has 0 atom stereocenters. The minimum absolute atomic E-state index is 0.183. The number of rotatable bonds is 5. The molecule has 1 fully saturated rings.